The summed E-state index contributed by atoms with van der Waals surface area (Å²) in [7, 11) is 1.31. The minimum Gasteiger partial charge on any atom is -0.463 e. The zero-order valence-electron chi connectivity index (χ0n) is 11.4. The summed E-state index contributed by atoms with van der Waals surface area (Å²) in [5.74, 6) is 0.0514. The van der Waals surface area contributed by atoms with Gasteiger partial charge in [0.1, 0.15) is 5.82 Å². The van der Waals surface area contributed by atoms with E-state index in [0.29, 0.717) is 11.5 Å². The molecular formula is C13H16N4O2. The minimum absolute atomic E-state index is 0.0486. The maximum absolute atomic E-state index is 11.5. The van der Waals surface area contributed by atoms with Gasteiger partial charge in [0.2, 0.25) is 5.82 Å². The van der Waals surface area contributed by atoms with Crippen LogP contribution in [0.25, 0.3) is 0 Å². The van der Waals surface area contributed by atoms with Crippen LogP contribution in [0.1, 0.15) is 27.7 Å². The molecule has 2 rings (SSSR count). The van der Waals surface area contributed by atoms with E-state index in [-0.39, 0.29) is 5.82 Å². The van der Waals surface area contributed by atoms with Gasteiger partial charge in [-0.3, -0.25) is 10.1 Å². The molecule has 100 valence electrons. The van der Waals surface area contributed by atoms with Crippen LogP contribution in [0.5, 0.6) is 0 Å². The molecule has 19 heavy (non-hydrogen) atoms. The highest BCUT2D eigenvalue weighted by molar-refractivity contribution is 5.85. The monoisotopic (exact) mass is 260 g/mol. The summed E-state index contributed by atoms with van der Waals surface area (Å²) in [5.41, 5.74) is 5.93. The number of anilines is 1. The summed E-state index contributed by atoms with van der Waals surface area (Å²) in [5, 5.41) is 0. The predicted octanol–water partition coefficient (Wildman–Crippen LogP) is 1.87. The van der Waals surface area contributed by atoms with E-state index < -0.39 is 5.97 Å². The van der Waals surface area contributed by atoms with Gasteiger partial charge in [-0.1, -0.05) is 0 Å². The fourth-order valence-corrected chi connectivity index (χ4v) is 1.77. The van der Waals surface area contributed by atoms with Crippen molar-refractivity contribution < 1.29 is 9.53 Å². The number of carbonyl (C=O) groups excluding carboxylic acids is 1. The van der Waals surface area contributed by atoms with Gasteiger partial charge in [0.15, 0.2) is 0 Å². The molecule has 0 saturated carbocycles. The summed E-state index contributed by atoms with van der Waals surface area (Å²) >= 11 is 0. The van der Waals surface area contributed by atoms with Gasteiger partial charge in [-0.05, 0) is 32.9 Å². The molecule has 0 aromatic carbocycles. The molecule has 1 N–H and O–H groups in total. The van der Waals surface area contributed by atoms with Gasteiger partial charge in [0.05, 0.1) is 7.11 Å². The average molecular weight is 260 g/mol. The lowest BCUT2D eigenvalue weighted by Crippen LogP contribution is -2.16. The van der Waals surface area contributed by atoms with Crippen LogP contribution in [0.4, 0.5) is 5.82 Å². The second-order valence-electron chi connectivity index (χ2n) is 4.27. The fourth-order valence-electron chi connectivity index (χ4n) is 1.77. The van der Waals surface area contributed by atoms with Crippen LogP contribution in [0.2, 0.25) is 0 Å². The number of hydrogen-bond acceptors (Lipinski definition) is 5. The van der Waals surface area contributed by atoms with Crippen molar-refractivity contribution in [2.24, 2.45) is 0 Å². The number of esters is 1. The van der Waals surface area contributed by atoms with Crippen LogP contribution < -0.4 is 5.43 Å². The van der Waals surface area contributed by atoms with Gasteiger partial charge >= 0.3 is 5.97 Å². The van der Waals surface area contributed by atoms with Crippen molar-refractivity contribution in [1.29, 1.82) is 0 Å². The fraction of sp³-hybridized carbons (Fsp3) is 0.308. The second-order valence-corrected chi connectivity index (χ2v) is 4.27. The minimum atomic E-state index is -0.548. The summed E-state index contributed by atoms with van der Waals surface area (Å²) in [6, 6.07) is 5.76. The van der Waals surface area contributed by atoms with Crippen molar-refractivity contribution in [3.63, 3.8) is 0 Å². The van der Waals surface area contributed by atoms with Crippen LogP contribution in [-0.4, -0.2) is 27.7 Å². The summed E-state index contributed by atoms with van der Waals surface area (Å²) in [4.78, 5) is 19.7. The Kier molecular flexibility index (Phi) is 3.50. The lowest BCUT2D eigenvalue weighted by atomic mass is 10.4. The third kappa shape index (κ3) is 2.73. The molecule has 0 unspecified atom stereocenters. The van der Waals surface area contributed by atoms with Gasteiger partial charge in [0, 0.05) is 23.1 Å². The third-order valence-electron chi connectivity index (χ3n) is 2.72. The van der Waals surface area contributed by atoms with Crippen molar-refractivity contribution in [2.45, 2.75) is 20.8 Å². The molecular weight excluding hydrogens is 244 g/mol. The number of nitrogens with one attached hydrogen (secondary N) is 1. The van der Waals surface area contributed by atoms with Crippen LogP contribution in [0.3, 0.4) is 0 Å². The number of rotatable bonds is 3. The van der Waals surface area contributed by atoms with Crippen molar-refractivity contribution in [3.8, 4) is 0 Å². The molecule has 2 aromatic rings. The molecule has 6 heteroatoms. The normalized spacial score (nSPS) is 10.3. The first-order valence-electron chi connectivity index (χ1n) is 5.87. The maximum atomic E-state index is 11.5. The van der Waals surface area contributed by atoms with Crippen molar-refractivity contribution in [2.75, 3.05) is 12.5 Å². The number of hydrogen-bond donors (Lipinski definition) is 1. The van der Waals surface area contributed by atoms with Gasteiger partial charge < -0.3 is 4.74 Å². The molecule has 0 spiro atoms. The highest BCUT2D eigenvalue weighted by atomic mass is 16.5. The molecule has 0 aliphatic heterocycles. The van der Waals surface area contributed by atoms with Crippen LogP contribution in [0.15, 0.2) is 18.2 Å². The van der Waals surface area contributed by atoms with Crippen LogP contribution >= 0.6 is 0 Å². The van der Waals surface area contributed by atoms with E-state index >= 15 is 0 Å². The third-order valence-corrected chi connectivity index (χ3v) is 2.72. The second kappa shape index (κ2) is 5.09. The van der Waals surface area contributed by atoms with Crippen LogP contribution in [0, 0.1) is 20.8 Å². The zero-order valence-corrected chi connectivity index (χ0v) is 11.4. The Morgan fingerprint density at radius 3 is 2.42 bits per heavy atom. The molecule has 0 atom stereocenters. The largest absolute Gasteiger partial charge is 0.463 e. The molecule has 0 aliphatic rings. The first-order valence-corrected chi connectivity index (χ1v) is 5.87. The summed E-state index contributed by atoms with van der Waals surface area (Å²) in [6.07, 6.45) is 0. The average Bonchev–Trinajstić information content (AvgIpc) is 2.69. The Balaban J connectivity index is 2.35. The Morgan fingerprint density at radius 1 is 1.21 bits per heavy atom. The van der Waals surface area contributed by atoms with E-state index in [4.69, 9.17) is 0 Å². The van der Waals surface area contributed by atoms with Crippen LogP contribution in [-0.2, 0) is 4.74 Å². The molecule has 0 bridgehead atoms. The van der Waals surface area contributed by atoms with E-state index in [0.717, 1.165) is 11.4 Å². The summed E-state index contributed by atoms with van der Waals surface area (Å²) < 4.78 is 6.52. The van der Waals surface area contributed by atoms with E-state index in [1.165, 1.54) is 7.11 Å². The summed E-state index contributed by atoms with van der Waals surface area (Å²) in [6.45, 7) is 5.76. The van der Waals surface area contributed by atoms with Gasteiger partial charge in [-0.2, -0.15) is 0 Å². The number of ether oxygens (including phenoxy) is 1. The first kappa shape index (κ1) is 13.1. The SMILES string of the molecule is COC(=O)c1nc(C)cc(Nn2c(C)ccc2C)n1. The lowest BCUT2D eigenvalue weighted by molar-refractivity contribution is 0.0586. The van der Waals surface area contributed by atoms with Gasteiger partial charge in [0.25, 0.3) is 0 Å². The number of nitrogens with zero attached hydrogens (tertiary/aromatic N) is 3. The standard InChI is InChI=1S/C13H16N4O2/c1-8-7-11(15-12(14-8)13(18)19-4)16-17-9(2)5-6-10(17)3/h5-7H,1-4H3,(H,14,15,16). The van der Waals surface area contributed by atoms with E-state index in [2.05, 4.69) is 20.1 Å². The van der Waals surface area contributed by atoms with Gasteiger partial charge in [-0.15, -0.1) is 0 Å². The molecule has 0 radical (unpaired) electrons. The molecule has 6 nitrogen and oxygen atoms in total. The molecule has 0 saturated heterocycles. The molecule has 0 fully saturated rings. The van der Waals surface area contributed by atoms with E-state index in [9.17, 15) is 4.79 Å². The first-order chi connectivity index (χ1) is 9.01. The molecule has 2 heterocycles. The topological polar surface area (TPSA) is 69.0 Å². The lowest BCUT2D eigenvalue weighted by Gasteiger charge is -2.12. The molecule has 0 amide bonds. The van der Waals surface area contributed by atoms with Crippen molar-refractivity contribution in [1.82, 2.24) is 14.6 Å². The Labute approximate surface area is 111 Å². The van der Waals surface area contributed by atoms with Crippen molar-refractivity contribution in [3.05, 3.63) is 41.1 Å². The highest BCUT2D eigenvalue weighted by Gasteiger charge is 2.12. The van der Waals surface area contributed by atoms with Crippen molar-refractivity contribution >= 4 is 11.8 Å². The number of methoxy groups -OCH3 is 1. The van der Waals surface area contributed by atoms with Gasteiger partial charge in [-0.25, -0.2) is 14.8 Å². The molecule has 2 aromatic heterocycles. The number of aromatic nitrogens is 3. The Bertz CT molecular complexity index is 600. The highest BCUT2D eigenvalue weighted by Crippen LogP contribution is 2.11. The Morgan fingerprint density at radius 2 is 1.84 bits per heavy atom. The maximum Gasteiger partial charge on any atom is 0.376 e. The quantitative estimate of drug-likeness (QED) is 0.853. The number of aryl methyl sites for hydroxylation is 3. The smallest absolute Gasteiger partial charge is 0.376 e. The zero-order chi connectivity index (χ0) is 14.0. The van der Waals surface area contributed by atoms with E-state index in [1.807, 2.05) is 30.7 Å². The Hall–Kier alpha value is -2.37. The predicted molar refractivity (Wildman–Crippen MR) is 71.0 cm³/mol. The van der Waals surface area contributed by atoms with E-state index in [1.54, 1.807) is 13.0 Å². The molecule has 0 aliphatic carbocycles. The number of carbonyl (C=O) groups is 1.